The van der Waals surface area contributed by atoms with Gasteiger partial charge in [0.15, 0.2) is 0 Å². The molecule has 142 valence electrons. The van der Waals surface area contributed by atoms with E-state index in [0.717, 1.165) is 25.2 Å². The van der Waals surface area contributed by atoms with Crippen molar-refractivity contribution in [1.82, 2.24) is 4.90 Å². The van der Waals surface area contributed by atoms with Crippen LogP contribution in [0.15, 0.2) is 49.6 Å². The Balaban J connectivity index is 0.000000263. The molecule has 1 atom stereocenters. The summed E-state index contributed by atoms with van der Waals surface area (Å²) in [6.07, 6.45) is 3.82. The highest BCUT2D eigenvalue weighted by Crippen LogP contribution is 2.23. The molecule has 1 aliphatic heterocycles. The van der Waals surface area contributed by atoms with Gasteiger partial charge in [-0.3, -0.25) is 9.59 Å². The van der Waals surface area contributed by atoms with Crippen LogP contribution in [0.5, 0.6) is 0 Å². The van der Waals surface area contributed by atoms with Crippen molar-refractivity contribution in [3.63, 3.8) is 0 Å². The second kappa shape index (κ2) is 10.6. The van der Waals surface area contributed by atoms with Gasteiger partial charge in [-0.1, -0.05) is 53.0 Å². The highest BCUT2D eigenvalue weighted by Gasteiger charge is 2.26. The van der Waals surface area contributed by atoms with Gasteiger partial charge < -0.3 is 10.2 Å². The lowest BCUT2D eigenvalue weighted by Gasteiger charge is -2.16. The number of anilines is 1. The minimum absolute atomic E-state index is 0.0816. The van der Waals surface area contributed by atoms with Gasteiger partial charge in [-0.2, -0.15) is 0 Å². The first-order valence-electron chi connectivity index (χ1n) is 9.23. The van der Waals surface area contributed by atoms with Gasteiger partial charge in [0, 0.05) is 18.8 Å². The standard InChI is InChI=1S/C12H15NO.C10H17NO/c1-4-12(14)13-11-7-5-6-10(8-11)9(2)3;1-4-10(12)11-6-5-9(7-11)8(2)3/h4-9H,1H2,2-3H3,(H,13,14);4,8-9H,1,5-7H2,2-3H3. The molecular formula is C22H32N2O2. The molecule has 0 aromatic heterocycles. The van der Waals surface area contributed by atoms with Gasteiger partial charge in [-0.25, -0.2) is 0 Å². The number of amides is 2. The van der Waals surface area contributed by atoms with Crippen LogP contribution in [0.25, 0.3) is 0 Å². The summed E-state index contributed by atoms with van der Waals surface area (Å²) in [6, 6.07) is 7.83. The van der Waals surface area contributed by atoms with Crippen LogP contribution >= 0.6 is 0 Å². The van der Waals surface area contributed by atoms with Gasteiger partial charge >= 0.3 is 0 Å². The summed E-state index contributed by atoms with van der Waals surface area (Å²) in [4.78, 5) is 24.1. The van der Waals surface area contributed by atoms with Crippen LogP contribution in [-0.2, 0) is 9.59 Å². The smallest absolute Gasteiger partial charge is 0.247 e. The predicted molar refractivity (Wildman–Crippen MR) is 109 cm³/mol. The summed E-state index contributed by atoms with van der Waals surface area (Å²) < 4.78 is 0. The Labute approximate surface area is 158 Å². The number of carbonyl (C=O) groups is 2. The highest BCUT2D eigenvalue weighted by molar-refractivity contribution is 5.98. The number of likely N-dealkylation sites (tertiary alicyclic amines) is 1. The molecule has 1 heterocycles. The van der Waals surface area contributed by atoms with E-state index < -0.39 is 0 Å². The number of carbonyl (C=O) groups excluding carboxylic acids is 2. The lowest BCUT2D eigenvalue weighted by Crippen LogP contribution is -2.27. The van der Waals surface area contributed by atoms with Crippen molar-refractivity contribution in [3.05, 3.63) is 55.1 Å². The van der Waals surface area contributed by atoms with E-state index in [0.29, 0.717) is 17.8 Å². The number of hydrogen-bond donors (Lipinski definition) is 1. The zero-order valence-electron chi connectivity index (χ0n) is 16.5. The molecule has 4 heteroatoms. The summed E-state index contributed by atoms with van der Waals surface area (Å²) >= 11 is 0. The van der Waals surface area contributed by atoms with Crippen LogP contribution in [-0.4, -0.2) is 29.8 Å². The molecule has 1 fully saturated rings. The van der Waals surface area contributed by atoms with Crippen molar-refractivity contribution >= 4 is 17.5 Å². The van der Waals surface area contributed by atoms with Crippen molar-refractivity contribution in [1.29, 1.82) is 0 Å². The minimum Gasteiger partial charge on any atom is -0.339 e. The second-order valence-corrected chi connectivity index (χ2v) is 7.25. The van der Waals surface area contributed by atoms with E-state index in [2.05, 4.69) is 46.2 Å². The Hall–Kier alpha value is -2.36. The van der Waals surface area contributed by atoms with Crippen molar-refractivity contribution in [2.75, 3.05) is 18.4 Å². The Kier molecular flexibility index (Phi) is 8.83. The zero-order chi connectivity index (χ0) is 19.7. The quantitative estimate of drug-likeness (QED) is 0.783. The average molecular weight is 357 g/mol. The Morgan fingerprint density at radius 1 is 1.19 bits per heavy atom. The molecule has 0 radical (unpaired) electrons. The van der Waals surface area contributed by atoms with Crippen molar-refractivity contribution < 1.29 is 9.59 Å². The van der Waals surface area contributed by atoms with Crippen LogP contribution < -0.4 is 5.32 Å². The number of benzene rings is 1. The summed E-state index contributed by atoms with van der Waals surface area (Å²) in [5.41, 5.74) is 2.04. The van der Waals surface area contributed by atoms with Crippen molar-refractivity contribution in [2.45, 2.75) is 40.0 Å². The largest absolute Gasteiger partial charge is 0.339 e. The van der Waals surface area contributed by atoms with Crippen LogP contribution in [0.4, 0.5) is 5.69 Å². The third-order valence-electron chi connectivity index (χ3n) is 4.66. The van der Waals surface area contributed by atoms with Gasteiger partial charge in [0.2, 0.25) is 11.8 Å². The predicted octanol–water partition coefficient (Wildman–Crippen LogP) is 4.61. The van der Waals surface area contributed by atoms with E-state index in [-0.39, 0.29) is 11.8 Å². The number of nitrogens with one attached hydrogen (secondary N) is 1. The van der Waals surface area contributed by atoms with Crippen LogP contribution in [0.3, 0.4) is 0 Å². The third kappa shape index (κ3) is 6.87. The Morgan fingerprint density at radius 3 is 2.38 bits per heavy atom. The average Bonchev–Trinajstić information content (AvgIpc) is 3.12. The Morgan fingerprint density at radius 2 is 1.88 bits per heavy atom. The van der Waals surface area contributed by atoms with Gasteiger partial charge in [-0.05, 0) is 54.0 Å². The normalized spacial score (nSPS) is 16.1. The summed E-state index contributed by atoms with van der Waals surface area (Å²) in [7, 11) is 0. The monoisotopic (exact) mass is 356 g/mol. The number of nitrogens with zero attached hydrogens (tertiary/aromatic N) is 1. The third-order valence-corrected chi connectivity index (χ3v) is 4.66. The maximum Gasteiger partial charge on any atom is 0.247 e. The molecule has 0 aliphatic carbocycles. The van der Waals surface area contributed by atoms with Gasteiger partial charge in [0.05, 0.1) is 0 Å². The zero-order valence-corrected chi connectivity index (χ0v) is 16.5. The molecule has 1 aromatic carbocycles. The van der Waals surface area contributed by atoms with Gasteiger partial charge in [0.1, 0.15) is 0 Å². The molecule has 0 saturated carbocycles. The first kappa shape index (κ1) is 21.7. The molecular weight excluding hydrogens is 324 g/mol. The molecule has 1 saturated heterocycles. The fraction of sp³-hybridized carbons (Fsp3) is 0.455. The SMILES string of the molecule is C=CC(=O)N1CCC(C(C)C)C1.C=CC(=O)Nc1cccc(C(C)C)c1. The molecule has 1 N–H and O–H groups in total. The Bertz CT molecular complexity index is 635. The summed E-state index contributed by atoms with van der Waals surface area (Å²) in [5, 5.41) is 2.73. The molecule has 0 bridgehead atoms. The van der Waals surface area contributed by atoms with E-state index >= 15 is 0 Å². The highest BCUT2D eigenvalue weighted by atomic mass is 16.2. The van der Waals surface area contributed by atoms with E-state index in [4.69, 9.17) is 0 Å². The molecule has 2 rings (SSSR count). The first-order chi connectivity index (χ1) is 12.3. The molecule has 1 aromatic rings. The van der Waals surface area contributed by atoms with Crippen molar-refractivity contribution in [3.8, 4) is 0 Å². The van der Waals surface area contributed by atoms with Crippen LogP contribution in [0.2, 0.25) is 0 Å². The second-order valence-electron chi connectivity index (χ2n) is 7.25. The van der Waals surface area contributed by atoms with E-state index in [1.54, 1.807) is 0 Å². The topological polar surface area (TPSA) is 49.4 Å². The lowest BCUT2D eigenvalue weighted by atomic mass is 9.95. The molecule has 26 heavy (non-hydrogen) atoms. The van der Waals surface area contributed by atoms with Gasteiger partial charge in [-0.15, -0.1) is 0 Å². The fourth-order valence-corrected chi connectivity index (χ4v) is 2.83. The van der Waals surface area contributed by atoms with Crippen LogP contribution in [0.1, 0.15) is 45.6 Å². The molecule has 0 spiro atoms. The fourth-order valence-electron chi connectivity index (χ4n) is 2.83. The lowest BCUT2D eigenvalue weighted by molar-refractivity contribution is -0.125. The van der Waals surface area contributed by atoms with E-state index in [1.807, 2.05) is 29.2 Å². The number of rotatable bonds is 5. The molecule has 1 aliphatic rings. The minimum atomic E-state index is -0.175. The molecule has 4 nitrogen and oxygen atoms in total. The molecule has 2 amide bonds. The summed E-state index contributed by atoms with van der Waals surface area (Å²) in [6.45, 7) is 17.4. The number of hydrogen-bond acceptors (Lipinski definition) is 2. The maximum absolute atomic E-state index is 11.2. The van der Waals surface area contributed by atoms with Crippen molar-refractivity contribution in [2.24, 2.45) is 11.8 Å². The van der Waals surface area contributed by atoms with Crippen LogP contribution in [0, 0.1) is 11.8 Å². The van der Waals surface area contributed by atoms with Gasteiger partial charge in [0.25, 0.3) is 0 Å². The first-order valence-corrected chi connectivity index (χ1v) is 9.23. The maximum atomic E-state index is 11.2. The van der Waals surface area contributed by atoms with E-state index in [1.165, 1.54) is 17.7 Å². The van der Waals surface area contributed by atoms with E-state index in [9.17, 15) is 9.59 Å². The molecule has 1 unspecified atom stereocenters. The summed E-state index contributed by atoms with van der Waals surface area (Å²) in [5.74, 6) is 1.75.